The van der Waals surface area contributed by atoms with Crippen LogP contribution >= 0.6 is 0 Å². The molecule has 0 bridgehead atoms. The molecule has 0 unspecified atom stereocenters. The van der Waals surface area contributed by atoms with Crippen LogP contribution in [-0.2, 0) is 16.2 Å². The summed E-state index contributed by atoms with van der Waals surface area (Å²) in [5, 5.41) is 1.04. The molecular formula is C25H18F5N3O5. The molecule has 2 amide bonds. The summed E-state index contributed by atoms with van der Waals surface area (Å²) in [6.07, 6.45) is -7.67. The number of hydrogen-bond donors (Lipinski definition) is 0. The van der Waals surface area contributed by atoms with Crippen molar-refractivity contribution in [2.45, 2.75) is 31.2 Å². The van der Waals surface area contributed by atoms with Gasteiger partial charge in [0.15, 0.2) is 6.10 Å². The smallest absolute Gasteiger partial charge is 0.466 e. The monoisotopic (exact) mass is 535 g/mol. The van der Waals surface area contributed by atoms with Crippen molar-refractivity contribution >= 4 is 28.7 Å². The maximum atomic E-state index is 14.7. The highest BCUT2D eigenvalue weighted by Gasteiger charge is 2.48. The number of rotatable bonds is 4. The minimum Gasteiger partial charge on any atom is -0.466 e. The van der Waals surface area contributed by atoms with E-state index in [-0.39, 0.29) is 34.2 Å². The van der Waals surface area contributed by atoms with Crippen LogP contribution in [0.4, 0.5) is 22.0 Å². The van der Waals surface area contributed by atoms with E-state index in [1.54, 1.807) is 18.2 Å². The van der Waals surface area contributed by atoms with Crippen molar-refractivity contribution in [2.75, 3.05) is 13.1 Å². The highest BCUT2D eigenvalue weighted by atomic mass is 19.4. The van der Waals surface area contributed by atoms with E-state index in [1.807, 2.05) is 12.1 Å². The first kappa shape index (κ1) is 25.4. The maximum absolute atomic E-state index is 14.7. The molecule has 2 aliphatic heterocycles. The van der Waals surface area contributed by atoms with Crippen LogP contribution < -0.4 is 4.74 Å². The molecule has 38 heavy (non-hydrogen) atoms. The lowest BCUT2D eigenvalue weighted by Gasteiger charge is -2.38. The van der Waals surface area contributed by atoms with Crippen molar-refractivity contribution in [3.63, 3.8) is 0 Å². The van der Waals surface area contributed by atoms with Crippen LogP contribution in [-0.4, -0.2) is 64.0 Å². The highest BCUT2D eigenvalue weighted by molar-refractivity contribution is 6.02. The number of pyridine rings is 1. The van der Waals surface area contributed by atoms with E-state index in [2.05, 4.69) is 9.82 Å². The fraction of sp³-hybridized carbons (Fsp3) is 0.280. The highest BCUT2D eigenvalue weighted by Crippen LogP contribution is 2.33. The average Bonchev–Trinajstić information content (AvgIpc) is 3.18. The second kappa shape index (κ2) is 9.23. The van der Waals surface area contributed by atoms with Crippen molar-refractivity contribution in [3.05, 3.63) is 71.3 Å². The number of hydroxylamine groups is 2. The number of amides is 2. The Bertz CT molecular complexity index is 1440. The lowest BCUT2D eigenvalue weighted by molar-refractivity contribution is -0.229. The summed E-state index contributed by atoms with van der Waals surface area (Å²) < 4.78 is 72.4. The predicted molar refractivity (Wildman–Crippen MR) is 120 cm³/mol. The molecule has 13 heteroatoms. The lowest BCUT2D eigenvalue weighted by atomic mass is 10.0. The number of hydrogen-bond acceptors (Lipinski definition) is 6. The molecule has 2 aromatic carbocycles. The molecule has 0 aliphatic carbocycles. The minimum absolute atomic E-state index is 0.0284. The molecule has 0 radical (unpaired) electrons. The number of carbonyl (C=O) groups is 3. The molecule has 0 saturated carbocycles. The van der Waals surface area contributed by atoms with E-state index in [0.29, 0.717) is 5.52 Å². The Morgan fingerprint density at radius 1 is 1.05 bits per heavy atom. The van der Waals surface area contributed by atoms with Crippen LogP contribution in [0.1, 0.15) is 32.7 Å². The number of ether oxygens (including phenoxy) is 1. The van der Waals surface area contributed by atoms with Crippen LogP contribution in [0.5, 0.6) is 5.88 Å². The lowest BCUT2D eigenvalue weighted by Crippen LogP contribution is -2.55. The number of halogens is 5. The first-order valence-corrected chi connectivity index (χ1v) is 11.4. The van der Waals surface area contributed by atoms with E-state index < -0.39 is 55.5 Å². The van der Waals surface area contributed by atoms with Crippen LogP contribution in [0, 0.1) is 0 Å². The molecule has 2 aliphatic rings. The quantitative estimate of drug-likeness (QED) is 0.467. The van der Waals surface area contributed by atoms with Gasteiger partial charge in [-0.3, -0.25) is 9.59 Å². The van der Waals surface area contributed by atoms with Crippen LogP contribution in [0.2, 0.25) is 0 Å². The molecule has 1 fully saturated rings. The third-order valence-electron chi connectivity index (χ3n) is 6.25. The van der Waals surface area contributed by atoms with E-state index in [4.69, 9.17) is 4.74 Å². The van der Waals surface area contributed by atoms with E-state index >= 15 is 0 Å². The van der Waals surface area contributed by atoms with Crippen LogP contribution in [0.3, 0.4) is 0 Å². The normalized spacial score (nSPS) is 18.9. The molecule has 198 valence electrons. The number of likely N-dealkylation sites (tertiary alicyclic amines) is 1. The van der Waals surface area contributed by atoms with Gasteiger partial charge in [-0.1, -0.05) is 24.3 Å². The van der Waals surface area contributed by atoms with E-state index in [9.17, 15) is 36.3 Å². The molecular weight excluding hydrogens is 517 g/mol. The Morgan fingerprint density at radius 2 is 1.82 bits per heavy atom. The minimum atomic E-state index is -5.30. The largest absolute Gasteiger partial charge is 0.493 e. The molecule has 1 atom stereocenters. The third kappa shape index (κ3) is 4.83. The second-order valence-electron chi connectivity index (χ2n) is 8.80. The summed E-state index contributed by atoms with van der Waals surface area (Å²) in [6.45, 7) is -1.20. The zero-order valence-electron chi connectivity index (χ0n) is 19.4. The van der Waals surface area contributed by atoms with Gasteiger partial charge in [-0.2, -0.15) is 18.2 Å². The molecule has 0 spiro atoms. The van der Waals surface area contributed by atoms with Gasteiger partial charge >= 0.3 is 12.1 Å². The summed E-state index contributed by atoms with van der Waals surface area (Å²) >= 11 is 0. The van der Waals surface area contributed by atoms with Gasteiger partial charge in [0.05, 0.1) is 18.6 Å². The predicted octanol–water partition coefficient (Wildman–Crippen LogP) is 4.14. The summed E-state index contributed by atoms with van der Waals surface area (Å²) in [5.74, 6) is -7.56. The maximum Gasteiger partial charge on any atom is 0.493 e. The van der Waals surface area contributed by atoms with Crippen molar-refractivity contribution < 1.29 is 45.9 Å². The van der Waals surface area contributed by atoms with Crippen molar-refractivity contribution in [3.8, 4) is 5.88 Å². The zero-order valence-corrected chi connectivity index (χ0v) is 19.4. The molecule has 8 nitrogen and oxygen atoms in total. The van der Waals surface area contributed by atoms with E-state index in [0.717, 1.165) is 16.4 Å². The molecule has 3 aromatic rings. The number of nitrogens with zero attached hydrogens (tertiary/aromatic N) is 3. The topological polar surface area (TPSA) is 89.0 Å². The number of para-hydroxylation sites is 1. The summed E-state index contributed by atoms with van der Waals surface area (Å²) in [6, 6.07) is 14.0. The van der Waals surface area contributed by atoms with Crippen molar-refractivity contribution in [1.29, 1.82) is 0 Å². The van der Waals surface area contributed by atoms with E-state index in [1.165, 1.54) is 18.2 Å². The summed E-state index contributed by atoms with van der Waals surface area (Å²) in [4.78, 5) is 46.2. The van der Waals surface area contributed by atoms with Gasteiger partial charge in [0, 0.05) is 35.5 Å². The Labute approximate surface area is 211 Å². The second-order valence-corrected chi connectivity index (χ2v) is 8.80. The fourth-order valence-electron chi connectivity index (χ4n) is 4.25. The third-order valence-corrected chi connectivity index (χ3v) is 6.25. The van der Waals surface area contributed by atoms with Gasteiger partial charge in [0.25, 0.3) is 17.7 Å². The van der Waals surface area contributed by atoms with Crippen molar-refractivity contribution in [1.82, 2.24) is 14.9 Å². The molecule has 1 saturated heterocycles. The first-order valence-electron chi connectivity index (χ1n) is 11.4. The van der Waals surface area contributed by atoms with Gasteiger partial charge in [-0.25, -0.2) is 18.6 Å². The molecule has 3 heterocycles. The van der Waals surface area contributed by atoms with Gasteiger partial charge < -0.3 is 14.5 Å². The number of benzene rings is 2. The Morgan fingerprint density at radius 3 is 2.58 bits per heavy atom. The average molecular weight is 535 g/mol. The number of aromatic nitrogens is 1. The number of alkyl halides is 5. The summed E-state index contributed by atoms with van der Waals surface area (Å²) in [5.41, 5.74) is 0.598. The fourth-order valence-corrected chi connectivity index (χ4v) is 4.25. The standard InChI is InChI=1S/C25H18F5N3O5/c26-24(27)9-10-32(13-19(24)37-20-8-7-14-3-1-2-4-18(14)31-20)21(34)15-5-6-16-12-33(22(35)17(16)11-15)38-23(36)25(28,29)30/h1-8,11,19H,9-10,12-13H2/t19-/m0/s1. The number of piperidine rings is 1. The van der Waals surface area contributed by atoms with Gasteiger partial charge in [0.2, 0.25) is 5.88 Å². The molecule has 0 N–H and O–H groups in total. The van der Waals surface area contributed by atoms with Crippen LogP contribution in [0.15, 0.2) is 54.6 Å². The van der Waals surface area contributed by atoms with Gasteiger partial charge in [-0.05, 0) is 29.8 Å². The van der Waals surface area contributed by atoms with Gasteiger partial charge in [-0.15, -0.1) is 0 Å². The number of fused-ring (bicyclic) bond motifs is 2. The van der Waals surface area contributed by atoms with Gasteiger partial charge in [0.1, 0.15) is 0 Å². The number of carbonyl (C=O) groups excluding carboxylic acids is 3. The Hall–Kier alpha value is -4.29. The first-order chi connectivity index (χ1) is 17.9. The summed E-state index contributed by atoms with van der Waals surface area (Å²) in [7, 11) is 0. The Kier molecular flexibility index (Phi) is 6.16. The molecule has 5 rings (SSSR count). The Balaban J connectivity index is 1.31. The van der Waals surface area contributed by atoms with Crippen molar-refractivity contribution in [2.24, 2.45) is 0 Å². The zero-order chi connectivity index (χ0) is 27.2. The van der Waals surface area contributed by atoms with Crippen LogP contribution in [0.25, 0.3) is 10.9 Å². The molecule has 1 aromatic heterocycles. The SMILES string of the molecule is O=C(c1ccc2c(c1)C(=O)N(OC(=O)C(F)(F)F)C2)N1CCC(F)(F)[C@@H](Oc2ccc3ccccc3n2)C1.